The van der Waals surface area contributed by atoms with Crippen molar-refractivity contribution < 1.29 is 9.59 Å². The summed E-state index contributed by atoms with van der Waals surface area (Å²) in [5, 5.41) is 2.80. The Bertz CT molecular complexity index is 286. The summed E-state index contributed by atoms with van der Waals surface area (Å²) in [5.41, 5.74) is 6.14. The molecule has 3 N–H and O–H groups in total. The van der Waals surface area contributed by atoms with Gasteiger partial charge in [-0.2, -0.15) is 0 Å². The van der Waals surface area contributed by atoms with Crippen molar-refractivity contribution in [2.75, 3.05) is 6.16 Å². The molecule has 2 unspecified atom stereocenters. The molecule has 1 aliphatic carbocycles. The highest BCUT2D eigenvalue weighted by atomic mass is 31.0. The molecule has 4 nitrogen and oxygen atoms in total. The summed E-state index contributed by atoms with van der Waals surface area (Å²) in [7, 11) is 2.48. The van der Waals surface area contributed by atoms with Gasteiger partial charge < -0.3 is 15.8 Å². The maximum absolute atomic E-state index is 12.2. The molecule has 5 heteroatoms. The van der Waals surface area contributed by atoms with Crippen molar-refractivity contribution in [1.82, 2.24) is 5.32 Å². The Labute approximate surface area is 112 Å². The van der Waals surface area contributed by atoms with Crippen LogP contribution in [0.2, 0.25) is 0 Å². The summed E-state index contributed by atoms with van der Waals surface area (Å²) in [6.45, 7) is 2.02. The summed E-state index contributed by atoms with van der Waals surface area (Å²) in [6.07, 6.45) is 6.49. The lowest BCUT2D eigenvalue weighted by molar-refractivity contribution is -0.129. The van der Waals surface area contributed by atoms with Crippen molar-refractivity contribution in [2.45, 2.75) is 51.1 Å². The lowest BCUT2D eigenvalue weighted by Gasteiger charge is -2.34. The molecule has 0 saturated heterocycles. The van der Waals surface area contributed by atoms with Crippen molar-refractivity contribution >= 4 is 21.4 Å². The Hall–Kier alpha value is -0.470. The summed E-state index contributed by atoms with van der Waals surface area (Å²) >= 11 is 0. The number of aldehydes is 1. The van der Waals surface area contributed by atoms with Gasteiger partial charge in [0.15, 0.2) is 0 Å². The fourth-order valence-electron chi connectivity index (χ4n) is 2.81. The Morgan fingerprint density at radius 1 is 1.50 bits per heavy atom. The van der Waals surface area contributed by atoms with Crippen LogP contribution in [-0.4, -0.2) is 30.4 Å². The van der Waals surface area contributed by atoms with Gasteiger partial charge in [0.2, 0.25) is 5.91 Å². The number of amides is 1. The van der Waals surface area contributed by atoms with Crippen molar-refractivity contribution in [3.05, 3.63) is 0 Å². The Kier molecular flexibility index (Phi) is 6.80. The van der Waals surface area contributed by atoms with Crippen LogP contribution in [0.1, 0.15) is 39.0 Å². The average molecular weight is 272 g/mol. The van der Waals surface area contributed by atoms with E-state index in [1.54, 1.807) is 0 Å². The minimum atomic E-state index is -0.392. The molecule has 18 heavy (non-hydrogen) atoms. The quantitative estimate of drug-likeness (QED) is 0.561. The van der Waals surface area contributed by atoms with Crippen LogP contribution in [0.3, 0.4) is 0 Å². The van der Waals surface area contributed by atoms with Crippen molar-refractivity contribution in [1.29, 1.82) is 0 Å². The fraction of sp³-hybridized carbons (Fsp3) is 0.846. The van der Waals surface area contributed by atoms with Crippen LogP contribution < -0.4 is 11.1 Å². The minimum Gasteiger partial charge on any atom is -0.346 e. The molecule has 0 radical (unpaired) electrons. The summed E-state index contributed by atoms with van der Waals surface area (Å²) in [6, 6.07) is -0.267. The average Bonchev–Trinajstić information content (AvgIpc) is 2.39. The molecular weight excluding hydrogens is 247 g/mol. The van der Waals surface area contributed by atoms with E-state index < -0.39 is 6.04 Å². The van der Waals surface area contributed by atoms with Gasteiger partial charge in [0.05, 0.1) is 6.04 Å². The van der Waals surface area contributed by atoms with Gasteiger partial charge in [-0.15, -0.1) is 9.24 Å². The van der Waals surface area contributed by atoms with E-state index in [-0.39, 0.29) is 23.8 Å². The zero-order chi connectivity index (χ0) is 13.5. The van der Waals surface area contributed by atoms with E-state index in [0.717, 1.165) is 38.4 Å². The normalized spacial score (nSPS) is 27.3. The molecule has 1 aliphatic rings. The van der Waals surface area contributed by atoms with E-state index in [1.165, 1.54) is 0 Å². The van der Waals surface area contributed by atoms with Crippen LogP contribution in [-0.2, 0) is 9.59 Å². The molecular formula is C13H25N2O2P. The van der Waals surface area contributed by atoms with Crippen molar-refractivity contribution in [2.24, 2.45) is 17.6 Å². The molecule has 1 rings (SSSR count). The highest BCUT2D eigenvalue weighted by molar-refractivity contribution is 7.16. The summed E-state index contributed by atoms with van der Waals surface area (Å²) in [5.74, 6) is 0.194. The summed E-state index contributed by atoms with van der Waals surface area (Å²) in [4.78, 5) is 23.0. The van der Waals surface area contributed by atoms with Gasteiger partial charge in [-0.05, 0) is 31.3 Å². The molecule has 0 bridgehead atoms. The number of nitrogens with two attached hydrogens (primary N) is 1. The molecule has 1 saturated carbocycles. The maximum Gasteiger partial charge on any atom is 0.224 e. The first-order chi connectivity index (χ1) is 8.63. The van der Waals surface area contributed by atoms with E-state index in [9.17, 15) is 9.59 Å². The standard InChI is InChI=1S/C13H25N2O2P/c1-2-10(11-5-3-4-6-12(11)14)13(17)15-9(7-16)8-18/h7,9-12H,2-6,8,14,18H2,1H3,(H,15,17)/t9?,10-,11-,12-/m1/s1. The zero-order valence-corrected chi connectivity index (χ0v) is 12.3. The monoisotopic (exact) mass is 272 g/mol. The lowest BCUT2D eigenvalue weighted by atomic mass is 9.75. The molecule has 0 spiro atoms. The highest BCUT2D eigenvalue weighted by Crippen LogP contribution is 2.31. The van der Waals surface area contributed by atoms with Gasteiger partial charge in [-0.1, -0.05) is 19.8 Å². The molecule has 0 heterocycles. The van der Waals surface area contributed by atoms with Crippen LogP contribution in [0.15, 0.2) is 0 Å². The van der Waals surface area contributed by atoms with Crippen LogP contribution in [0.4, 0.5) is 0 Å². The third kappa shape index (κ3) is 4.03. The molecule has 1 amide bonds. The second kappa shape index (κ2) is 7.85. The second-order valence-corrected chi connectivity index (χ2v) is 5.59. The molecule has 0 aliphatic heterocycles. The van der Waals surface area contributed by atoms with Gasteiger partial charge >= 0.3 is 0 Å². The second-order valence-electron chi connectivity index (χ2n) is 5.11. The van der Waals surface area contributed by atoms with Crippen LogP contribution >= 0.6 is 9.24 Å². The summed E-state index contributed by atoms with van der Waals surface area (Å²) < 4.78 is 0. The smallest absolute Gasteiger partial charge is 0.224 e. The lowest BCUT2D eigenvalue weighted by Crippen LogP contribution is -2.47. The Morgan fingerprint density at radius 3 is 2.67 bits per heavy atom. The van der Waals surface area contributed by atoms with Gasteiger partial charge in [0.25, 0.3) is 0 Å². The third-order valence-corrected chi connectivity index (χ3v) is 4.42. The first-order valence-corrected chi connectivity index (χ1v) is 7.67. The molecule has 0 aromatic rings. The van der Waals surface area contributed by atoms with E-state index >= 15 is 0 Å². The number of rotatable bonds is 6. The van der Waals surface area contributed by atoms with Crippen molar-refractivity contribution in [3.63, 3.8) is 0 Å². The predicted molar refractivity (Wildman–Crippen MR) is 76.3 cm³/mol. The number of carbonyl (C=O) groups excluding carboxylic acids is 2. The minimum absolute atomic E-state index is 0.0144. The molecule has 104 valence electrons. The highest BCUT2D eigenvalue weighted by Gasteiger charge is 2.33. The first kappa shape index (κ1) is 15.6. The van der Waals surface area contributed by atoms with Crippen molar-refractivity contribution in [3.8, 4) is 0 Å². The first-order valence-electron chi connectivity index (χ1n) is 6.85. The van der Waals surface area contributed by atoms with Crippen LogP contribution in [0.5, 0.6) is 0 Å². The number of carbonyl (C=O) groups is 2. The topological polar surface area (TPSA) is 72.2 Å². The Balaban J connectivity index is 2.63. The van der Waals surface area contributed by atoms with Gasteiger partial charge in [-0.25, -0.2) is 0 Å². The molecule has 1 fully saturated rings. The van der Waals surface area contributed by atoms with E-state index in [2.05, 4.69) is 14.6 Å². The largest absolute Gasteiger partial charge is 0.346 e. The van der Waals surface area contributed by atoms with Crippen LogP contribution in [0, 0.1) is 11.8 Å². The molecule has 5 atom stereocenters. The SMILES string of the molecule is CC[C@@H](C(=O)NC(C=O)CP)[C@H]1CCCC[C@H]1N. The molecule has 0 aromatic carbocycles. The van der Waals surface area contributed by atoms with Gasteiger partial charge in [-0.3, -0.25) is 4.79 Å². The number of hydrogen-bond acceptors (Lipinski definition) is 3. The predicted octanol–water partition coefficient (Wildman–Crippen LogP) is 1.09. The number of nitrogens with one attached hydrogen (secondary N) is 1. The molecule has 0 aromatic heterocycles. The van der Waals surface area contributed by atoms with Crippen LogP contribution in [0.25, 0.3) is 0 Å². The number of hydrogen-bond donors (Lipinski definition) is 2. The maximum atomic E-state index is 12.2. The van der Waals surface area contributed by atoms with E-state index in [4.69, 9.17) is 5.73 Å². The fourth-order valence-corrected chi connectivity index (χ4v) is 3.04. The van der Waals surface area contributed by atoms with E-state index in [1.807, 2.05) is 6.92 Å². The Morgan fingerprint density at radius 2 is 2.17 bits per heavy atom. The third-order valence-electron chi connectivity index (χ3n) is 3.91. The van der Waals surface area contributed by atoms with Gasteiger partial charge in [0.1, 0.15) is 6.29 Å². The van der Waals surface area contributed by atoms with E-state index in [0.29, 0.717) is 6.16 Å². The zero-order valence-electron chi connectivity index (χ0n) is 11.1. The van der Waals surface area contributed by atoms with Gasteiger partial charge in [0, 0.05) is 12.0 Å².